The summed E-state index contributed by atoms with van der Waals surface area (Å²) in [5, 5.41) is 2.55. The molecule has 0 bridgehead atoms. The fourth-order valence-electron chi connectivity index (χ4n) is 3.93. The van der Waals surface area contributed by atoms with Crippen LogP contribution in [0.25, 0.3) is 0 Å². The summed E-state index contributed by atoms with van der Waals surface area (Å²) in [7, 11) is 1.75. The molecule has 184 valence electrons. The Morgan fingerprint density at radius 3 is 2.51 bits per heavy atom. The summed E-state index contributed by atoms with van der Waals surface area (Å²) < 4.78 is 7.35. The maximum Gasteiger partial charge on any atom is 0.289 e. The van der Waals surface area contributed by atoms with Crippen LogP contribution in [0.2, 0.25) is 0 Å². The number of carbonyl (C=O) groups excluding carboxylic acids is 3. The van der Waals surface area contributed by atoms with E-state index < -0.39 is 11.8 Å². The van der Waals surface area contributed by atoms with Gasteiger partial charge in [-0.25, -0.2) is 4.98 Å². The molecule has 4 rings (SSSR count). The van der Waals surface area contributed by atoms with E-state index in [1.54, 1.807) is 35.3 Å². The van der Waals surface area contributed by atoms with Gasteiger partial charge >= 0.3 is 0 Å². The molecule has 1 fully saturated rings. The maximum absolute atomic E-state index is 12.6. The second kappa shape index (κ2) is 10.7. The summed E-state index contributed by atoms with van der Waals surface area (Å²) >= 11 is 1.42. The zero-order valence-corrected chi connectivity index (χ0v) is 20.9. The smallest absolute Gasteiger partial charge is 0.289 e. The van der Waals surface area contributed by atoms with Gasteiger partial charge in [-0.2, -0.15) is 0 Å². The topological polar surface area (TPSA) is 106 Å². The molecule has 3 heterocycles. The minimum absolute atomic E-state index is 0.0171. The van der Waals surface area contributed by atoms with E-state index in [0.717, 1.165) is 23.4 Å². The molecule has 3 aromatic rings. The number of amides is 3. The SMILES string of the molecule is Cc1ccc(OCC(=O)N2CCC(c3nc(C(=O)NNC(=O)c4cccn4C)cs3)CC2)cc1C. The average molecular weight is 496 g/mol. The molecule has 0 spiro atoms. The summed E-state index contributed by atoms with van der Waals surface area (Å²) in [5.41, 5.74) is 7.83. The van der Waals surface area contributed by atoms with Gasteiger partial charge in [-0.15, -0.1) is 11.3 Å². The van der Waals surface area contributed by atoms with Crippen molar-refractivity contribution in [1.82, 2.24) is 25.3 Å². The maximum atomic E-state index is 12.6. The zero-order valence-electron chi connectivity index (χ0n) is 20.0. The lowest BCUT2D eigenvalue weighted by Gasteiger charge is -2.31. The Morgan fingerprint density at radius 1 is 1.09 bits per heavy atom. The minimum Gasteiger partial charge on any atom is -0.484 e. The highest BCUT2D eigenvalue weighted by Gasteiger charge is 2.26. The first-order chi connectivity index (χ1) is 16.8. The molecule has 3 amide bonds. The standard InChI is InChI=1S/C25H29N5O4S/c1-16-6-7-19(13-17(16)2)34-14-22(31)30-11-8-18(9-12-30)25-26-20(15-35-25)23(32)27-28-24(33)21-5-4-10-29(21)3/h4-7,10,13,15,18H,8-9,11-12,14H2,1-3H3,(H,27,32)(H,28,33). The number of aryl methyl sites for hydroxylation is 3. The summed E-state index contributed by atoms with van der Waals surface area (Å²) in [4.78, 5) is 43.4. The second-order valence-corrected chi connectivity index (χ2v) is 9.56. The van der Waals surface area contributed by atoms with E-state index in [-0.39, 0.29) is 24.1 Å². The Morgan fingerprint density at radius 2 is 1.83 bits per heavy atom. The molecule has 9 nitrogen and oxygen atoms in total. The number of nitrogens with one attached hydrogen (secondary N) is 2. The van der Waals surface area contributed by atoms with Crippen LogP contribution in [-0.4, -0.2) is 51.9 Å². The third-order valence-electron chi connectivity index (χ3n) is 6.26. The third-order valence-corrected chi connectivity index (χ3v) is 7.27. The number of ether oxygens (including phenoxy) is 1. The van der Waals surface area contributed by atoms with Gasteiger partial charge in [-0.3, -0.25) is 25.2 Å². The predicted molar refractivity (Wildman–Crippen MR) is 132 cm³/mol. The van der Waals surface area contributed by atoms with Crippen molar-refractivity contribution in [2.45, 2.75) is 32.6 Å². The molecule has 0 radical (unpaired) electrons. The molecule has 1 saturated heterocycles. The molecule has 35 heavy (non-hydrogen) atoms. The van der Waals surface area contributed by atoms with Crippen molar-refractivity contribution in [2.24, 2.45) is 7.05 Å². The first kappa shape index (κ1) is 24.5. The normalized spacial score (nSPS) is 14.0. The molecule has 0 saturated carbocycles. The monoisotopic (exact) mass is 495 g/mol. The van der Waals surface area contributed by atoms with Crippen LogP contribution in [0.15, 0.2) is 41.9 Å². The lowest BCUT2D eigenvalue weighted by molar-refractivity contribution is -0.134. The summed E-state index contributed by atoms with van der Waals surface area (Å²) in [6.07, 6.45) is 3.29. The molecular formula is C25H29N5O4S. The van der Waals surface area contributed by atoms with Crippen LogP contribution in [0.3, 0.4) is 0 Å². The molecule has 1 aliphatic heterocycles. The number of aromatic nitrogens is 2. The zero-order chi connectivity index (χ0) is 24.9. The average Bonchev–Trinajstić information content (AvgIpc) is 3.52. The van der Waals surface area contributed by atoms with Crippen molar-refractivity contribution in [3.8, 4) is 5.75 Å². The number of rotatable bonds is 6. The largest absolute Gasteiger partial charge is 0.484 e. The first-order valence-electron chi connectivity index (χ1n) is 11.5. The van der Waals surface area contributed by atoms with Crippen LogP contribution in [-0.2, 0) is 11.8 Å². The first-order valence-corrected chi connectivity index (χ1v) is 12.3. The summed E-state index contributed by atoms with van der Waals surface area (Å²) in [6, 6.07) is 9.22. The lowest BCUT2D eigenvalue weighted by Crippen LogP contribution is -2.42. The van der Waals surface area contributed by atoms with Gasteiger partial charge in [-0.1, -0.05) is 6.07 Å². The van der Waals surface area contributed by atoms with Gasteiger partial charge in [0.25, 0.3) is 17.7 Å². The van der Waals surface area contributed by atoms with Crippen LogP contribution in [0, 0.1) is 13.8 Å². The van der Waals surface area contributed by atoms with Gasteiger partial charge in [0.05, 0.1) is 5.01 Å². The van der Waals surface area contributed by atoms with E-state index in [0.29, 0.717) is 24.5 Å². The van der Waals surface area contributed by atoms with E-state index in [1.807, 2.05) is 36.9 Å². The quantitative estimate of drug-likeness (QED) is 0.512. The second-order valence-electron chi connectivity index (χ2n) is 8.67. The fraction of sp³-hybridized carbons (Fsp3) is 0.360. The molecule has 2 aromatic heterocycles. The molecule has 10 heteroatoms. The molecule has 0 aliphatic carbocycles. The van der Waals surface area contributed by atoms with Gasteiger partial charge in [0.1, 0.15) is 17.1 Å². The van der Waals surface area contributed by atoms with E-state index in [2.05, 4.69) is 15.8 Å². The van der Waals surface area contributed by atoms with Gasteiger partial charge < -0.3 is 14.2 Å². The van der Waals surface area contributed by atoms with Crippen molar-refractivity contribution in [1.29, 1.82) is 0 Å². The molecule has 1 aromatic carbocycles. The molecule has 1 aliphatic rings. The van der Waals surface area contributed by atoms with Crippen LogP contribution < -0.4 is 15.6 Å². The Balaban J connectivity index is 1.23. The molecule has 2 N–H and O–H groups in total. The Labute approximate surface area is 208 Å². The van der Waals surface area contributed by atoms with Crippen molar-refractivity contribution in [3.05, 3.63) is 69.4 Å². The number of hydrogen-bond donors (Lipinski definition) is 2. The number of nitrogens with zero attached hydrogens (tertiary/aromatic N) is 3. The molecule has 0 unspecified atom stereocenters. The van der Waals surface area contributed by atoms with Gasteiger partial charge in [0, 0.05) is 37.6 Å². The lowest BCUT2D eigenvalue weighted by atomic mass is 9.97. The number of thiazole rings is 1. The Bertz CT molecular complexity index is 1230. The van der Waals surface area contributed by atoms with E-state index >= 15 is 0 Å². The van der Waals surface area contributed by atoms with Crippen molar-refractivity contribution in [2.75, 3.05) is 19.7 Å². The third kappa shape index (κ3) is 5.89. The van der Waals surface area contributed by atoms with E-state index in [4.69, 9.17) is 4.74 Å². The van der Waals surface area contributed by atoms with Gasteiger partial charge in [0.15, 0.2) is 6.61 Å². The number of hydrazine groups is 1. The molecular weight excluding hydrogens is 466 g/mol. The van der Waals surface area contributed by atoms with E-state index in [1.165, 1.54) is 16.9 Å². The van der Waals surface area contributed by atoms with Crippen LogP contribution in [0.4, 0.5) is 0 Å². The Hall–Kier alpha value is -3.66. The van der Waals surface area contributed by atoms with Crippen LogP contribution in [0.1, 0.15) is 55.9 Å². The minimum atomic E-state index is -0.467. The number of likely N-dealkylation sites (tertiary alicyclic amines) is 1. The van der Waals surface area contributed by atoms with Crippen molar-refractivity contribution >= 4 is 29.1 Å². The van der Waals surface area contributed by atoms with Crippen LogP contribution >= 0.6 is 11.3 Å². The predicted octanol–water partition coefficient (Wildman–Crippen LogP) is 2.96. The number of hydrogen-bond acceptors (Lipinski definition) is 6. The fourth-order valence-corrected chi connectivity index (χ4v) is 4.91. The highest BCUT2D eigenvalue weighted by atomic mass is 32.1. The Kier molecular flexibility index (Phi) is 7.50. The number of benzene rings is 1. The van der Waals surface area contributed by atoms with Crippen molar-refractivity contribution in [3.63, 3.8) is 0 Å². The number of carbonyl (C=O) groups is 3. The number of piperidine rings is 1. The highest BCUT2D eigenvalue weighted by Crippen LogP contribution is 2.30. The summed E-state index contributed by atoms with van der Waals surface area (Å²) in [5.74, 6) is -0.0187. The van der Waals surface area contributed by atoms with Gasteiger partial charge in [-0.05, 0) is 62.1 Å². The van der Waals surface area contributed by atoms with Gasteiger partial charge in [0.2, 0.25) is 0 Å². The molecule has 0 atom stereocenters. The summed E-state index contributed by atoms with van der Waals surface area (Å²) in [6.45, 7) is 5.31. The van der Waals surface area contributed by atoms with E-state index in [9.17, 15) is 14.4 Å². The van der Waals surface area contributed by atoms with Crippen LogP contribution in [0.5, 0.6) is 5.75 Å². The highest BCUT2D eigenvalue weighted by molar-refractivity contribution is 7.09. The van der Waals surface area contributed by atoms with Crippen molar-refractivity contribution < 1.29 is 19.1 Å².